The molecule has 16 heteroatoms. The van der Waals surface area contributed by atoms with E-state index in [1.807, 2.05) is 18.9 Å². The molecule has 5 heterocycles. The fraction of sp³-hybridized carbons (Fsp3) is 0.188. The third-order valence-corrected chi connectivity index (χ3v) is 9.63. The Kier molecular flexibility index (Phi) is 7.68. The summed E-state index contributed by atoms with van der Waals surface area (Å²) in [6.07, 6.45) is 3.36. The predicted octanol–water partition coefficient (Wildman–Crippen LogP) is 3.46. The monoisotopic (exact) mass is 671 g/mol. The molecule has 0 spiro atoms. The molecule has 7 rings (SSSR count). The van der Waals surface area contributed by atoms with Crippen molar-refractivity contribution in [1.82, 2.24) is 38.6 Å². The van der Waals surface area contributed by atoms with Crippen LogP contribution >= 0.6 is 0 Å². The molecule has 13 nitrogen and oxygen atoms in total. The summed E-state index contributed by atoms with van der Waals surface area (Å²) >= 11 is 0. The van der Waals surface area contributed by atoms with Gasteiger partial charge in [-0.15, -0.1) is 9.19 Å². The van der Waals surface area contributed by atoms with Crippen molar-refractivity contribution in [1.29, 1.82) is 0 Å². The highest BCUT2D eigenvalue weighted by Crippen LogP contribution is 2.36. The van der Waals surface area contributed by atoms with Crippen LogP contribution in [0.3, 0.4) is 0 Å². The number of halogens is 2. The number of aromatic nitrogens is 7. The SMILES string of the molecule is C[C@@H]1CN(C)CCN1c1nc(=O)n(-c2cncc(S(=O)(=O)n3cnc(-c4ccccc4)n3)c2)c2nc(-c3c(O)cccc3F)c(F)cc12. The van der Waals surface area contributed by atoms with Crippen LogP contribution in [0, 0.1) is 11.6 Å². The average molecular weight is 672 g/mol. The van der Waals surface area contributed by atoms with Crippen molar-refractivity contribution in [3.05, 3.63) is 102 Å². The maximum Gasteiger partial charge on any atom is 0.355 e. The normalized spacial score (nSPS) is 15.7. The van der Waals surface area contributed by atoms with Gasteiger partial charge in [0.2, 0.25) is 0 Å². The third kappa shape index (κ3) is 5.33. The van der Waals surface area contributed by atoms with Crippen LogP contribution in [-0.2, 0) is 10.0 Å². The van der Waals surface area contributed by atoms with E-state index in [2.05, 4.69) is 29.9 Å². The first-order chi connectivity index (χ1) is 23.0. The molecule has 1 fully saturated rings. The Morgan fingerprint density at radius 3 is 2.50 bits per heavy atom. The Hall–Kier alpha value is -5.61. The number of rotatable bonds is 6. The van der Waals surface area contributed by atoms with Crippen molar-refractivity contribution < 1.29 is 22.3 Å². The Morgan fingerprint density at radius 1 is 0.958 bits per heavy atom. The van der Waals surface area contributed by atoms with Gasteiger partial charge in [-0.05, 0) is 38.2 Å². The number of benzene rings is 2. The van der Waals surface area contributed by atoms with E-state index in [1.54, 1.807) is 30.3 Å². The first-order valence-corrected chi connectivity index (χ1v) is 16.2. The summed E-state index contributed by atoms with van der Waals surface area (Å²) in [5, 5.41) is 14.7. The fourth-order valence-electron chi connectivity index (χ4n) is 5.80. The molecule has 48 heavy (non-hydrogen) atoms. The van der Waals surface area contributed by atoms with E-state index in [0.717, 1.165) is 29.2 Å². The zero-order valence-electron chi connectivity index (χ0n) is 25.6. The highest BCUT2D eigenvalue weighted by molar-refractivity contribution is 7.89. The van der Waals surface area contributed by atoms with Crippen molar-refractivity contribution in [2.75, 3.05) is 31.6 Å². The lowest BCUT2D eigenvalue weighted by Crippen LogP contribution is -2.51. The topological polar surface area (TPSA) is 152 Å². The lowest BCUT2D eigenvalue weighted by Gasteiger charge is -2.39. The number of anilines is 1. The van der Waals surface area contributed by atoms with E-state index < -0.39 is 44.4 Å². The van der Waals surface area contributed by atoms with E-state index >= 15 is 4.39 Å². The third-order valence-electron chi connectivity index (χ3n) is 8.14. The summed E-state index contributed by atoms with van der Waals surface area (Å²) in [7, 11) is -2.40. The van der Waals surface area contributed by atoms with E-state index in [-0.39, 0.29) is 39.3 Å². The van der Waals surface area contributed by atoms with Crippen LogP contribution in [0.15, 0.2) is 89.1 Å². The smallest absolute Gasteiger partial charge is 0.355 e. The second kappa shape index (κ2) is 11.9. The number of nitrogens with zero attached hydrogens (tertiary/aromatic N) is 9. The number of hydrogen-bond donors (Lipinski definition) is 1. The van der Waals surface area contributed by atoms with Gasteiger partial charge in [-0.2, -0.15) is 13.4 Å². The van der Waals surface area contributed by atoms with Crippen molar-refractivity contribution in [3.63, 3.8) is 0 Å². The molecule has 1 aliphatic rings. The molecule has 0 amide bonds. The van der Waals surface area contributed by atoms with E-state index in [9.17, 15) is 22.7 Å². The maximum atomic E-state index is 15.8. The Labute approximate surface area is 272 Å². The van der Waals surface area contributed by atoms with Gasteiger partial charge in [0.1, 0.15) is 34.3 Å². The van der Waals surface area contributed by atoms with Crippen molar-refractivity contribution >= 4 is 26.9 Å². The number of phenols is 1. The van der Waals surface area contributed by atoms with Gasteiger partial charge in [-0.3, -0.25) is 4.98 Å². The van der Waals surface area contributed by atoms with Gasteiger partial charge in [-0.25, -0.2) is 28.1 Å². The highest BCUT2D eigenvalue weighted by Gasteiger charge is 2.29. The summed E-state index contributed by atoms with van der Waals surface area (Å²) in [6.45, 7) is 3.70. The van der Waals surface area contributed by atoms with Gasteiger partial charge in [0.15, 0.2) is 17.3 Å². The largest absolute Gasteiger partial charge is 0.507 e. The molecule has 0 radical (unpaired) electrons. The Balaban J connectivity index is 1.42. The van der Waals surface area contributed by atoms with E-state index in [0.29, 0.717) is 29.3 Å². The summed E-state index contributed by atoms with van der Waals surface area (Å²) in [5.74, 6) is -2.12. The van der Waals surface area contributed by atoms with Gasteiger partial charge in [0, 0.05) is 37.4 Å². The van der Waals surface area contributed by atoms with Crippen molar-refractivity contribution in [3.8, 4) is 34.1 Å². The molecule has 1 N–H and O–H groups in total. The standard InChI is InChI=1S/C32H27F2N9O4S/c1-19-17-40(2)11-12-41(19)30-23-14-25(34)28(27-24(33)9-6-10-26(27)44)37-31(23)43(32(45)38-30)21-13-22(16-35-15-21)48(46,47)42-18-36-29(39-42)20-7-4-3-5-8-20/h3-10,13-16,18-19,44H,11-12,17H2,1-2H3/t19-/m1/s1. The first-order valence-electron chi connectivity index (χ1n) is 14.8. The van der Waals surface area contributed by atoms with Crippen LogP contribution < -0.4 is 10.6 Å². The van der Waals surface area contributed by atoms with Gasteiger partial charge < -0.3 is 14.9 Å². The van der Waals surface area contributed by atoms with Gasteiger partial charge in [-0.1, -0.05) is 36.4 Å². The molecule has 2 aromatic carbocycles. The number of likely N-dealkylation sites (N-methyl/N-ethyl adjacent to an activating group) is 1. The summed E-state index contributed by atoms with van der Waals surface area (Å²) in [4.78, 5) is 34.4. The molecule has 4 aromatic heterocycles. The molecule has 1 saturated heterocycles. The van der Waals surface area contributed by atoms with Gasteiger partial charge in [0.05, 0.1) is 22.8 Å². The number of hydrogen-bond acceptors (Lipinski definition) is 11. The molecular formula is C32H27F2N9O4S. The van der Waals surface area contributed by atoms with Crippen LogP contribution in [0.2, 0.25) is 0 Å². The quantitative estimate of drug-likeness (QED) is 0.277. The predicted molar refractivity (Wildman–Crippen MR) is 172 cm³/mol. The minimum absolute atomic E-state index is 0.0669. The number of phenolic OH excluding ortho intramolecular Hbond substituents is 1. The van der Waals surface area contributed by atoms with E-state index in [4.69, 9.17) is 0 Å². The number of piperazine rings is 1. The molecule has 0 saturated carbocycles. The van der Waals surface area contributed by atoms with Crippen LogP contribution in [-0.4, -0.2) is 84.8 Å². The first kappa shape index (κ1) is 31.0. The van der Waals surface area contributed by atoms with Gasteiger partial charge >= 0.3 is 5.69 Å². The Bertz CT molecular complexity index is 2350. The van der Waals surface area contributed by atoms with Crippen LogP contribution in [0.1, 0.15) is 6.92 Å². The lowest BCUT2D eigenvalue weighted by molar-refractivity contribution is 0.275. The van der Waals surface area contributed by atoms with E-state index in [1.165, 1.54) is 24.4 Å². The lowest BCUT2D eigenvalue weighted by atomic mass is 10.1. The molecule has 244 valence electrons. The number of pyridine rings is 2. The number of aromatic hydroxyl groups is 1. The molecule has 1 aliphatic heterocycles. The van der Waals surface area contributed by atoms with Crippen LogP contribution in [0.5, 0.6) is 5.75 Å². The molecule has 0 aliphatic carbocycles. The summed E-state index contributed by atoms with van der Waals surface area (Å²) < 4.78 is 59.8. The second-order valence-electron chi connectivity index (χ2n) is 11.4. The summed E-state index contributed by atoms with van der Waals surface area (Å²) in [6, 6.07) is 14.4. The molecule has 0 bridgehead atoms. The minimum atomic E-state index is -4.36. The second-order valence-corrected chi connectivity index (χ2v) is 13.2. The van der Waals surface area contributed by atoms with Crippen LogP contribution in [0.4, 0.5) is 14.6 Å². The zero-order valence-corrected chi connectivity index (χ0v) is 26.4. The minimum Gasteiger partial charge on any atom is -0.507 e. The maximum absolute atomic E-state index is 15.8. The fourth-order valence-corrected chi connectivity index (χ4v) is 6.83. The molecule has 0 unspecified atom stereocenters. The highest BCUT2D eigenvalue weighted by atomic mass is 32.2. The van der Waals surface area contributed by atoms with Crippen molar-refractivity contribution in [2.24, 2.45) is 0 Å². The number of fused-ring (bicyclic) bond motifs is 1. The molecular weight excluding hydrogens is 644 g/mol. The molecule has 1 atom stereocenters. The summed E-state index contributed by atoms with van der Waals surface area (Å²) in [5.41, 5.74) is -1.54. The zero-order chi connectivity index (χ0) is 33.7. The Morgan fingerprint density at radius 2 is 1.75 bits per heavy atom. The molecule has 6 aromatic rings. The van der Waals surface area contributed by atoms with Crippen LogP contribution in [0.25, 0.3) is 39.4 Å². The van der Waals surface area contributed by atoms with Crippen molar-refractivity contribution in [2.45, 2.75) is 17.9 Å². The average Bonchev–Trinajstić information content (AvgIpc) is 3.57. The van der Waals surface area contributed by atoms with Gasteiger partial charge in [0.25, 0.3) is 10.0 Å².